The quantitative estimate of drug-likeness (QED) is 0.870. The standard InChI is InChI=1S/C18H23N5O2/c24-16(6-5-13-7-8-25-22-13)23-9-14(11-1-2-11)15(10-23)18-19-17(20-21-18)12-3-4-12/h7-8,11-12,14-15H,1-6,9-10H2,(H,19,20,21)/t14-,15+/m1/s1. The van der Waals surface area contributed by atoms with Crippen LogP contribution in [0.3, 0.4) is 0 Å². The molecule has 0 bridgehead atoms. The monoisotopic (exact) mass is 341 g/mol. The molecule has 1 saturated heterocycles. The molecule has 1 N–H and O–H groups in total. The van der Waals surface area contributed by atoms with Crippen molar-refractivity contribution in [3.05, 3.63) is 29.7 Å². The first-order valence-electron chi connectivity index (χ1n) is 9.37. The fraction of sp³-hybridized carbons (Fsp3) is 0.667. The smallest absolute Gasteiger partial charge is 0.222 e. The normalized spacial score (nSPS) is 26.3. The van der Waals surface area contributed by atoms with Crippen LogP contribution in [0.5, 0.6) is 0 Å². The summed E-state index contributed by atoms with van der Waals surface area (Å²) in [7, 11) is 0. The first kappa shape index (κ1) is 15.1. The molecule has 5 rings (SSSR count). The summed E-state index contributed by atoms with van der Waals surface area (Å²) < 4.78 is 4.84. The molecule has 132 valence electrons. The molecule has 2 aliphatic carbocycles. The molecule has 2 atom stereocenters. The maximum Gasteiger partial charge on any atom is 0.222 e. The van der Waals surface area contributed by atoms with Gasteiger partial charge >= 0.3 is 0 Å². The number of aromatic amines is 1. The summed E-state index contributed by atoms with van der Waals surface area (Å²) in [5.74, 6) is 4.31. The molecule has 25 heavy (non-hydrogen) atoms. The molecule has 0 unspecified atom stereocenters. The highest BCUT2D eigenvalue weighted by molar-refractivity contribution is 5.76. The molecule has 3 aliphatic rings. The Kier molecular flexibility index (Phi) is 3.60. The Labute approximate surface area is 146 Å². The van der Waals surface area contributed by atoms with Gasteiger partial charge in [-0.15, -0.1) is 0 Å². The number of nitrogens with zero attached hydrogens (tertiary/aromatic N) is 4. The Hall–Kier alpha value is -2.18. The molecule has 7 heteroatoms. The zero-order valence-electron chi connectivity index (χ0n) is 14.2. The van der Waals surface area contributed by atoms with Crippen LogP contribution in [0.25, 0.3) is 0 Å². The molecule has 7 nitrogen and oxygen atoms in total. The van der Waals surface area contributed by atoms with E-state index in [1.165, 1.54) is 25.7 Å². The average Bonchev–Trinajstić information content (AvgIpc) is 3.49. The Morgan fingerprint density at radius 1 is 1.28 bits per heavy atom. The summed E-state index contributed by atoms with van der Waals surface area (Å²) in [5.41, 5.74) is 0.840. The largest absolute Gasteiger partial charge is 0.365 e. The Morgan fingerprint density at radius 3 is 2.88 bits per heavy atom. The minimum Gasteiger partial charge on any atom is -0.365 e. The van der Waals surface area contributed by atoms with Gasteiger partial charge in [0.2, 0.25) is 5.91 Å². The van der Waals surface area contributed by atoms with E-state index < -0.39 is 0 Å². The molecule has 1 aliphatic heterocycles. The van der Waals surface area contributed by atoms with Crippen molar-refractivity contribution in [2.75, 3.05) is 13.1 Å². The van der Waals surface area contributed by atoms with Crippen molar-refractivity contribution in [3.63, 3.8) is 0 Å². The summed E-state index contributed by atoms with van der Waals surface area (Å²) >= 11 is 0. The van der Waals surface area contributed by atoms with Gasteiger partial charge in [0.15, 0.2) is 5.82 Å². The molecule has 2 saturated carbocycles. The van der Waals surface area contributed by atoms with Crippen LogP contribution in [0.4, 0.5) is 0 Å². The zero-order chi connectivity index (χ0) is 16.8. The number of amides is 1. The van der Waals surface area contributed by atoms with Crippen LogP contribution in [0.2, 0.25) is 0 Å². The molecular formula is C18H23N5O2. The third-order valence-electron chi connectivity index (χ3n) is 5.85. The van der Waals surface area contributed by atoms with Gasteiger partial charge in [-0.1, -0.05) is 5.16 Å². The topological polar surface area (TPSA) is 87.9 Å². The number of carbonyl (C=O) groups excluding carboxylic acids is 1. The van der Waals surface area contributed by atoms with E-state index in [9.17, 15) is 4.79 Å². The highest BCUT2D eigenvalue weighted by Gasteiger charge is 2.45. The highest BCUT2D eigenvalue weighted by Crippen LogP contribution is 2.47. The van der Waals surface area contributed by atoms with Crippen LogP contribution in [-0.2, 0) is 11.2 Å². The van der Waals surface area contributed by atoms with E-state index in [2.05, 4.69) is 15.4 Å². The van der Waals surface area contributed by atoms with Gasteiger partial charge in [0.05, 0.1) is 5.69 Å². The number of H-pyrrole nitrogens is 1. The van der Waals surface area contributed by atoms with Gasteiger partial charge in [-0.2, -0.15) is 5.10 Å². The van der Waals surface area contributed by atoms with Crippen LogP contribution in [0, 0.1) is 11.8 Å². The van der Waals surface area contributed by atoms with E-state index in [4.69, 9.17) is 9.51 Å². The first-order valence-corrected chi connectivity index (χ1v) is 9.37. The van der Waals surface area contributed by atoms with E-state index in [1.54, 1.807) is 6.26 Å². The third kappa shape index (κ3) is 3.07. The summed E-state index contributed by atoms with van der Waals surface area (Å²) in [6.45, 7) is 1.62. The number of aromatic nitrogens is 4. The van der Waals surface area contributed by atoms with Crippen molar-refractivity contribution in [3.8, 4) is 0 Å². The number of nitrogens with one attached hydrogen (secondary N) is 1. The van der Waals surface area contributed by atoms with Crippen molar-refractivity contribution in [1.29, 1.82) is 0 Å². The van der Waals surface area contributed by atoms with Gasteiger partial charge in [-0.25, -0.2) is 4.98 Å². The highest BCUT2D eigenvalue weighted by atomic mass is 16.5. The van der Waals surface area contributed by atoms with Crippen molar-refractivity contribution in [1.82, 2.24) is 25.2 Å². The summed E-state index contributed by atoms with van der Waals surface area (Å²) in [4.78, 5) is 19.4. The third-order valence-corrected chi connectivity index (χ3v) is 5.85. The first-order chi connectivity index (χ1) is 12.3. The van der Waals surface area contributed by atoms with Crippen molar-refractivity contribution in [2.45, 2.75) is 50.4 Å². The molecule has 2 aromatic heterocycles. The minimum atomic E-state index is 0.207. The van der Waals surface area contributed by atoms with E-state index in [0.717, 1.165) is 36.4 Å². The lowest BCUT2D eigenvalue weighted by atomic mass is 9.91. The SMILES string of the molecule is O=C(CCc1ccon1)N1C[C@H](c2nc(C3CC3)n[nH]2)[C@@H](C2CC2)C1. The molecule has 3 heterocycles. The van der Waals surface area contributed by atoms with Crippen LogP contribution in [0.15, 0.2) is 16.9 Å². The number of rotatable bonds is 6. The van der Waals surface area contributed by atoms with E-state index >= 15 is 0 Å². The van der Waals surface area contributed by atoms with Crippen LogP contribution < -0.4 is 0 Å². The summed E-state index contributed by atoms with van der Waals surface area (Å²) in [6.07, 6.45) is 7.66. The average molecular weight is 341 g/mol. The molecule has 0 radical (unpaired) electrons. The number of likely N-dealkylation sites (tertiary alicyclic amines) is 1. The molecule has 3 fully saturated rings. The van der Waals surface area contributed by atoms with Gasteiger partial charge in [0.1, 0.15) is 12.1 Å². The predicted octanol–water partition coefficient (Wildman–Crippen LogP) is 2.25. The Balaban J connectivity index is 1.27. The lowest BCUT2D eigenvalue weighted by molar-refractivity contribution is -0.130. The number of hydrogen-bond acceptors (Lipinski definition) is 5. The van der Waals surface area contributed by atoms with Gasteiger partial charge in [-0.05, 0) is 37.5 Å². The number of aryl methyl sites for hydroxylation is 1. The maximum atomic E-state index is 12.7. The lowest BCUT2D eigenvalue weighted by Gasteiger charge is -2.15. The van der Waals surface area contributed by atoms with Crippen LogP contribution in [-0.4, -0.2) is 44.2 Å². The van der Waals surface area contributed by atoms with Crippen LogP contribution >= 0.6 is 0 Å². The molecule has 0 spiro atoms. The summed E-state index contributed by atoms with van der Waals surface area (Å²) in [6, 6.07) is 1.82. The Bertz CT molecular complexity index is 747. The second-order valence-corrected chi connectivity index (χ2v) is 7.75. The van der Waals surface area contributed by atoms with Gasteiger partial charge in [0.25, 0.3) is 0 Å². The number of carbonyl (C=O) groups is 1. The van der Waals surface area contributed by atoms with E-state index in [0.29, 0.717) is 30.6 Å². The number of hydrogen-bond donors (Lipinski definition) is 1. The molecule has 2 aromatic rings. The second-order valence-electron chi connectivity index (χ2n) is 7.75. The van der Waals surface area contributed by atoms with Gasteiger partial charge in [0, 0.05) is 43.8 Å². The van der Waals surface area contributed by atoms with Gasteiger partial charge in [-0.3, -0.25) is 9.89 Å². The van der Waals surface area contributed by atoms with Gasteiger partial charge < -0.3 is 9.42 Å². The van der Waals surface area contributed by atoms with Crippen molar-refractivity contribution in [2.24, 2.45) is 11.8 Å². The molecule has 0 aromatic carbocycles. The summed E-state index contributed by atoms with van der Waals surface area (Å²) in [5, 5.41) is 11.5. The Morgan fingerprint density at radius 2 is 2.16 bits per heavy atom. The molecular weight excluding hydrogens is 318 g/mol. The zero-order valence-corrected chi connectivity index (χ0v) is 14.2. The van der Waals surface area contributed by atoms with Crippen molar-refractivity contribution < 1.29 is 9.32 Å². The predicted molar refractivity (Wildman–Crippen MR) is 88.7 cm³/mol. The second kappa shape index (κ2) is 5.97. The lowest BCUT2D eigenvalue weighted by Crippen LogP contribution is -2.29. The maximum absolute atomic E-state index is 12.7. The van der Waals surface area contributed by atoms with Crippen LogP contribution in [0.1, 0.15) is 61.3 Å². The minimum absolute atomic E-state index is 0.207. The fourth-order valence-corrected chi connectivity index (χ4v) is 4.06. The van der Waals surface area contributed by atoms with E-state index in [-0.39, 0.29) is 5.91 Å². The van der Waals surface area contributed by atoms with Crippen molar-refractivity contribution >= 4 is 5.91 Å². The fourth-order valence-electron chi connectivity index (χ4n) is 4.06. The van der Waals surface area contributed by atoms with E-state index in [1.807, 2.05) is 11.0 Å². The molecule has 1 amide bonds.